The molecule has 0 aliphatic carbocycles. The molecule has 0 atom stereocenters. The zero-order valence-electron chi connectivity index (χ0n) is 18.1. The molecule has 0 fully saturated rings. The van der Waals surface area contributed by atoms with Gasteiger partial charge in [-0.3, -0.25) is 25.2 Å². The number of amides is 3. The fourth-order valence-electron chi connectivity index (χ4n) is 2.89. The normalized spacial score (nSPS) is 10.7. The van der Waals surface area contributed by atoms with Gasteiger partial charge < -0.3 is 14.8 Å². The topological polar surface area (TPSA) is 106 Å². The van der Waals surface area contributed by atoms with Crippen LogP contribution in [0.2, 0.25) is 0 Å². The first-order valence-corrected chi connectivity index (χ1v) is 9.97. The van der Waals surface area contributed by atoms with E-state index in [-0.39, 0.29) is 5.70 Å². The highest BCUT2D eigenvalue weighted by Crippen LogP contribution is 2.28. The summed E-state index contributed by atoms with van der Waals surface area (Å²) in [6, 6.07) is 21.9. The summed E-state index contributed by atoms with van der Waals surface area (Å²) in [7, 11) is 3.01. The lowest BCUT2D eigenvalue weighted by atomic mass is 10.1. The average molecular weight is 445 g/mol. The molecular weight excluding hydrogens is 422 g/mol. The van der Waals surface area contributed by atoms with Crippen LogP contribution in [0.25, 0.3) is 6.08 Å². The van der Waals surface area contributed by atoms with E-state index in [9.17, 15) is 14.4 Å². The highest BCUT2D eigenvalue weighted by Gasteiger charge is 2.16. The first kappa shape index (κ1) is 23.1. The van der Waals surface area contributed by atoms with E-state index in [0.29, 0.717) is 28.2 Å². The SMILES string of the molecule is COc1ccc(C=C(NC(=O)c2ccccc2)C(=O)NNC(=O)c2ccccc2)cc1OC. The summed E-state index contributed by atoms with van der Waals surface area (Å²) in [5.41, 5.74) is 5.91. The average Bonchev–Trinajstić information content (AvgIpc) is 2.87. The van der Waals surface area contributed by atoms with Crippen molar-refractivity contribution in [1.29, 1.82) is 0 Å². The van der Waals surface area contributed by atoms with Crippen molar-refractivity contribution < 1.29 is 23.9 Å². The van der Waals surface area contributed by atoms with Gasteiger partial charge in [0.1, 0.15) is 5.70 Å². The van der Waals surface area contributed by atoms with Crippen molar-refractivity contribution in [3.05, 3.63) is 101 Å². The van der Waals surface area contributed by atoms with Crippen LogP contribution in [0.5, 0.6) is 11.5 Å². The number of carbonyl (C=O) groups excluding carboxylic acids is 3. The maximum atomic E-state index is 12.9. The van der Waals surface area contributed by atoms with Crippen LogP contribution in [0, 0.1) is 0 Å². The van der Waals surface area contributed by atoms with E-state index in [2.05, 4.69) is 16.2 Å². The van der Waals surface area contributed by atoms with Crippen molar-refractivity contribution in [2.75, 3.05) is 14.2 Å². The molecule has 3 N–H and O–H groups in total. The molecule has 0 spiro atoms. The summed E-state index contributed by atoms with van der Waals surface area (Å²) < 4.78 is 10.5. The Morgan fingerprint density at radius 1 is 0.697 bits per heavy atom. The molecule has 3 aromatic rings. The van der Waals surface area contributed by atoms with Crippen molar-refractivity contribution in [3.63, 3.8) is 0 Å². The largest absolute Gasteiger partial charge is 0.493 e. The molecule has 8 heteroatoms. The number of hydrogen-bond donors (Lipinski definition) is 3. The lowest BCUT2D eigenvalue weighted by Gasteiger charge is -2.13. The highest BCUT2D eigenvalue weighted by molar-refractivity contribution is 6.06. The van der Waals surface area contributed by atoms with Crippen molar-refractivity contribution >= 4 is 23.8 Å². The third kappa shape index (κ3) is 6.20. The van der Waals surface area contributed by atoms with Crippen LogP contribution in [0.1, 0.15) is 26.3 Å². The van der Waals surface area contributed by atoms with Gasteiger partial charge in [-0.15, -0.1) is 0 Å². The predicted molar refractivity (Wildman–Crippen MR) is 123 cm³/mol. The van der Waals surface area contributed by atoms with Gasteiger partial charge in [0.2, 0.25) is 0 Å². The smallest absolute Gasteiger partial charge is 0.286 e. The molecule has 3 rings (SSSR count). The standard InChI is InChI=1S/C25H23N3O5/c1-32-21-14-13-17(16-22(21)33-2)15-20(26-23(29)18-9-5-3-6-10-18)25(31)28-27-24(30)19-11-7-4-8-12-19/h3-16H,1-2H3,(H,26,29)(H,27,30)(H,28,31). The van der Waals surface area contributed by atoms with Gasteiger partial charge in [-0.2, -0.15) is 0 Å². The summed E-state index contributed by atoms with van der Waals surface area (Å²) >= 11 is 0. The van der Waals surface area contributed by atoms with E-state index in [4.69, 9.17) is 9.47 Å². The van der Waals surface area contributed by atoms with Crippen LogP contribution < -0.4 is 25.6 Å². The van der Waals surface area contributed by atoms with Gasteiger partial charge in [-0.25, -0.2) is 0 Å². The monoisotopic (exact) mass is 445 g/mol. The lowest BCUT2D eigenvalue weighted by Crippen LogP contribution is -2.45. The first-order valence-electron chi connectivity index (χ1n) is 9.97. The number of carbonyl (C=O) groups is 3. The van der Waals surface area contributed by atoms with Crippen molar-refractivity contribution in [2.45, 2.75) is 0 Å². The second kappa shape index (κ2) is 11.1. The molecule has 0 radical (unpaired) electrons. The summed E-state index contributed by atoms with van der Waals surface area (Å²) in [5.74, 6) is -0.712. The van der Waals surface area contributed by atoms with Gasteiger partial charge in [0.05, 0.1) is 14.2 Å². The summed E-state index contributed by atoms with van der Waals surface area (Å²) in [6.07, 6.45) is 1.47. The van der Waals surface area contributed by atoms with E-state index in [1.807, 2.05) is 0 Å². The van der Waals surface area contributed by atoms with Gasteiger partial charge in [0.25, 0.3) is 17.7 Å². The second-order valence-electron chi connectivity index (χ2n) is 6.77. The minimum Gasteiger partial charge on any atom is -0.493 e. The van der Waals surface area contributed by atoms with Crippen LogP contribution in [0.4, 0.5) is 0 Å². The Morgan fingerprint density at radius 2 is 1.27 bits per heavy atom. The second-order valence-corrected chi connectivity index (χ2v) is 6.77. The van der Waals surface area contributed by atoms with Gasteiger partial charge in [0.15, 0.2) is 11.5 Å². The fourth-order valence-corrected chi connectivity index (χ4v) is 2.89. The summed E-state index contributed by atoms with van der Waals surface area (Å²) in [6.45, 7) is 0. The number of nitrogens with one attached hydrogen (secondary N) is 3. The number of hydrazine groups is 1. The molecular formula is C25H23N3O5. The number of methoxy groups -OCH3 is 2. The highest BCUT2D eigenvalue weighted by atomic mass is 16.5. The molecule has 0 bridgehead atoms. The molecule has 3 aromatic carbocycles. The predicted octanol–water partition coefficient (Wildman–Crippen LogP) is 2.94. The van der Waals surface area contributed by atoms with E-state index >= 15 is 0 Å². The Kier molecular flexibility index (Phi) is 7.80. The van der Waals surface area contributed by atoms with Gasteiger partial charge in [-0.05, 0) is 48.0 Å². The molecule has 33 heavy (non-hydrogen) atoms. The molecule has 3 amide bonds. The summed E-state index contributed by atoms with van der Waals surface area (Å²) in [4.78, 5) is 37.8. The Morgan fingerprint density at radius 3 is 1.85 bits per heavy atom. The Balaban J connectivity index is 1.84. The Labute approximate surface area is 191 Å². The van der Waals surface area contributed by atoms with Crippen LogP contribution in [-0.4, -0.2) is 31.9 Å². The first-order chi connectivity index (χ1) is 16.0. The maximum absolute atomic E-state index is 12.9. The molecule has 0 unspecified atom stereocenters. The third-order valence-electron chi connectivity index (χ3n) is 4.57. The molecule has 0 aliphatic rings. The van der Waals surface area contributed by atoms with Gasteiger partial charge in [-0.1, -0.05) is 42.5 Å². The van der Waals surface area contributed by atoms with Crippen molar-refractivity contribution in [3.8, 4) is 11.5 Å². The number of hydrogen-bond acceptors (Lipinski definition) is 5. The van der Waals surface area contributed by atoms with Crippen LogP contribution in [0.15, 0.2) is 84.6 Å². The van der Waals surface area contributed by atoms with Gasteiger partial charge >= 0.3 is 0 Å². The number of benzene rings is 3. The maximum Gasteiger partial charge on any atom is 0.286 e. The van der Waals surface area contributed by atoms with Crippen LogP contribution in [0.3, 0.4) is 0 Å². The van der Waals surface area contributed by atoms with E-state index < -0.39 is 17.7 Å². The quantitative estimate of drug-likeness (QED) is 0.383. The molecule has 8 nitrogen and oxygen atoms in total. The fraction of sp³-hybridized carbons (Fsp3) is 0.0800. The summed E-state index contributed by atoms with van der Waals surface area (Å²) in [5, 5.41) is 2.60. The minimum absolute atomic E-state index is 0.0792. The molecule has 0 saturated carbocycles. The van der Waals surface area contributed by atoms with E-state index in [1.54, 1.807) is 78.9 Å². The molecule has 0 aromatic heterocycles. The minimum atomic E-state index is -0.710. The molecule has 0 saturated heterocycles. The number of ether oxygens (including phenoxy) is 2. The van der Waals surface area contributed by atoms with E-state index in [1.165, 1.54) is 20.3 Å². The molecule has 0 aliphatic heterocycles. The third-order valence-corrected chi connectivity index (χ3v) is 4.57. The van der Waals surface area contributed by atoms with E-state index in [0.717, 1.165) is 0 Å². The molecule has 0 heterocycles. The van der Waals surface area contributed by atoms with Crippen molar-refractivity contribution in [1.82, 2.24) is 16.2 Å². The Hall–Kier alpha value is -4.59. The van der Waals surface area contributed by atoms with Crippen LogP contribution in [-0.2, 0) is 4.79 Å². The zero-order valence-corrected chi connectivity index (χ0v) is 18.1. The number of rotatable bonds is 7. The molecule has 168 valence electrons. The van der Waals surface area contributed by atoms with Crippen molar-refractivity contribution in [2.24, 2.45) is 0 Å². The lowest BCUT2D eigenvalue weighted by molar-refractivity contribution is -0.118. The zero-order chi connectivity index (χ0) is 23.6. The van der Waals surface area contributed by atoms with Crippen LogP contribution >= 0.6 is 0 Å². The van der Waals surface area contributed by atoms with Gasteiger partial charge in [0, 0.05) is 11.1 Å². The Bertz CT molecular complexity index is 1160.